The number of hydrogen-bond acceptors (Lipinski definition) is 4. The van der Waals surface area contributed by atoms with Crippen LogP contribution in [0.1, 0.15) is 11.1 Å². The summed E-state index contributed by atoms with van der Waals surface area (Å²) in [5.41, 5.74) is 8.60. The Hall–Kier alpha value is -2.14. The number of methoxy groups -OCH3 is 1. The molecule has 0 fully saturated rings. The van der Waals surface area contributed by atoms with Gasteiger partial charge in [-0.15, -0.1) is 0 Å². The maximum absolute atomic E-state index is 5.66. The first-order chi connectivity index (χ1) is 9.61. The molecule has 0 bridgehead atoms. The van der Waals surface area contributed by atoms with E-state index in [9.17, 15) is 0 Å². The van der Waals surface area contributed by atoms with E-state index in [2.05, 4.69) is 9.88 Å². The Balaban J connectivity index is 2.21. The molecule has 2 aromatic rings. The average molecular weight is 287 g/mol. The van der Waals surface area contributed by atoms with E-state index in [1.54, 1.807) is 13.3 Å². The minimum atomic E-state index is 0.402. The number of aromatic nitrogens is 1. The number of pyridine rings is 1. The van der Waals surface area contributed by atoms with Gasteiger partial charge in [-0.3, -0.25) is 0 Å². The van der Waals surface area contributed by atoms with E-state index in [4.69, 9.17) is 22.7 Å². The van der Waals surface area contributed by atoms with Gasteiger partial charge in [-0.25, -0.2) is 4.98 Å². The van der Waals surface area contributed by atoms with E-state index in [1.165, 1.54) is 0 Å². The summed E-state index contributed by atoms with van der Waals surface area (Å²) < 4.78 is 5.27. The van der Waals surface area contributed by atoms with Crippen LogP contribution in [0.3, 0.4) is 0 Å². The van der Waals surface area contributed by atoms with Crippen molar-refractivity contribution in [1.29, 1.82) is 0 Å². The normalized spacial score (nSPS) is 10.1. The molecule has 0 amide bonds. The van der Waals surface area contributed by atoms with Crippen LogP contribution in [0.2, 0.25) is 0 Å². The van der Waals surface area contributed by atoms with E-state index in [-0.39, 0.29) is 0 Å². The van der Waals surface area contributed by atoms with E-state index in [1.807, 2.05) is 43.4 Å². The van der Waals surface area contributed by atoms with Crippen molar-refractivity contribution in [3.8, 4) is 5.88 Å². The summed E-state index contributed by atoms with van der Waals surface area (Å²) in [5.74, 6) is 0.643. The van der Waals surface area contributed by atoms with Crippen molar-refractivity contribution in [1.82, 2.24) is 4.98 Å². The Labute approximate surface area is 124 Å². The predicted octanol–water partition coefficient (Wildman–Crippen LogP) is 2.36. The Morgan fingerprint density at radius 2 is 2.15 bits per heavy atom. The van der Waals surface area contributed by atoms with Gasteiger partial charge in [0.25, 0.3) is 0 Å². The van der Waals surface area contributed by atoms with Crippen LogP contribution in [0.5, 0.6) is 5.88 Å². The molecule has 0 atom stereocenters. The van der Waals surface area contributed by atoms with Crippen molar-refractivity contribution < 1.29 is 4.74 Å². The van der Waals surface area contributed by atoms with Gasteiger partial charge in [0.15, 0.2) is 0 Å². The first-order valence-corrected chi connectivity index (χ1v) is 6.61. The van der Waals surface area contributed by atoms with E-state index in [0.29, 0.717) is 17.4 Å². The maximum Gasteiger partial charge on any atom is 0.218 e. The summed E-state index contributed by atoms with van der Waals surface area (Å²) in [6, 6.07) is 11.7. The SMILES string of the molecule is COc1ncccc1CN(C)c1cccc(C(N)=S)c1. The van der Waals surface area contributed by atoms with E-state index < -0.39 is 0 Å². The Bertz CT molecular complexity index is 616. The van der Waals surface area contributed by atoms with Gasteiger partial charge in [-0.1, -0.05) is 30.4 Å². The topological polar surface area (TPSA) is 51.4 Å². The molecule has 0 unspecified atom stereocenters. The summed E-state index contributed by atoms with van der Waals surface area (Å²) in [5, 5.41) is 0. The number of thiocarbonyl (C=S) groups is 1. The second kappa shape index (κ2) is 6.34. The molecule has 2 rings (SSSR count). The van der Waals surface area contributed by atoms with Crippen LogP contribution >= 0.6 is 12.2 Å². The fraction of sp³-hybridized carbons (Fsp3) is 0.200. The number of benzene rings is 1. The van der Waals surface area contributed by atoms with E-state index >= 15 is 0 Å². The van der Waals surface area contributed by atoms with Crippen LogP contribution in [0.4, 0.5) is 5.69 Å². The van der Waals surface area contributed by atoms with Gasteiger partial charge < -0.3 is 15.4 Å². The molecule has 0 aliphatic heterocycles. The lowest BCUT2D eigenvalue weighted by molar-refractivity contribution is 0.392. The summed E-state index contributed by atoms with van der Waals surface area (Å²) in [7, 11) is 3.63. The number of nitrogens with two attached hydrogens (primary N) is 1. The average Bonchev–Trinajstić information content (AvgIpc) is 2.48. The fourth-order valence-corrected chi connectivity index (χ4v) is 2.10. The van der Waals surface area contributed by atoms with Crippen LogP contribution in [-0.4, -0.2) is 24.1 Å². The van der Waals surface area contributed by atoms with Gasteiger partial charge in [0.05, 0.1) is 7.11 Å². The number of ether oxygens (including phenoxy) is 1. The van der Waals surface area contributed by atoms with Crippen LogP contribution in [0.15, 0.2) is 42.6 Å². The molecule has 4 nitrogen and oxygen atoms in total. The highest BCUT2D eigenvalue weighted by Crippen LogP contribution is 2.21. The lowest BCUT2D eigenvalue weighted by atomic mass is 10.1. The van der Waals surface area contributed by atoms with Crippen molar-refractivity contribution >= 4 is 22.9 Å². The molecule has 1 heterocycles. The molecule has 0 saturated heterocycles. The molecular weight excluding hydrogens is 270 g/mol. The number of anilines is 1. The highest BCUT2D eigenvalue weighted by atomic mass is 32.1. The molecule has 2 N–H and O–H groups in total. The van der Waals surface area contributed by atoms with Crippen molar-refractivity contribution in [2.45, 2.75) is 6.54 Å². The molecule has 0 aliphatic carbocycles. The van der Waals surface area contributed by atoms with Crippen LogP contribution in [0, 0.1) is 0 Å². The second-order valence-corrected chi connectivity index (χ2v) is 4.88. The Morgan fingerprint density at radius 1 is 1.35 bits per heavy atom. The van der Waals surface area contributed by atoms with Gasteiger partial charge in [-0.05, 0) is 18.2 Å². The second-order valence-electron chi connectivity index (χ2n) is 4.44. The molecular formula is C15H17N3OS. The highest BCUT2D eigenvalue weighted by Gasteiger charge is 2.08. The number of nitrogens with zero attached hydrogens (tertiary/aromatic N) is 2. The molecule has 0 saturated carbocycles. The highest BCUT2D eigenvalue weighted by molar-refractivity contribution is 7.80. The zero-order valence-electron chi connectivity index (χ0n) is 11.5. The Morgan fingerprint density at radius 3 is 2.85 bits per heavy atom. The summed E-state index contributed by atoms with van der Waals surface area (Å²) in [4.78, 5) is 6.70. The first kappa shape index (κ1) is 14.3. The summed E-state index contributed by atoms with van der Waals surface area (Å²) in [6.07, 6.45) is 1.72. The monoisotopic (exact) mass is 287 g/mol. The van der Waals surface area contributed by atoms with Gasteiger partial charge in [0, 0.05) is 36.6 Å². The Kier molecular flexibility index (Phi) is 4.53. The lowest BCUT2D eigenvalue weighted by Gasteiger charge is -2.20. The van der Waals surface area contributed by atoms with E-state index in [0.717, 1.165) is 16.8 Å². The minimum absolute atomic E-state index is 0.402. The molecule has 5 heteroatoms. The molecule has 0 radical (unpaired) electrons. The van der Waals surface area contributed by atoms with Gasteiger partial charge in [0.1, 0.15) is 4.99 Å². The lowest BCUT2D eigenvalue weighted by Crippen LogP contribution is -2.18. The van der Waals surface area contributed by atoms with Crippen LogP contribution in [0.25, 0.3) is 0 Å². The van der Waals surface area contributed by atoms with Gasteiger partial charge in [0.2, 0.25) is 5.88 Å². The van der Waals surface area contributed by atoms with Crippen molar-refractivity contribution in [2.24, 2.45) is 5.73 Å². The van der Waals surface area contributed by atoms with Crippen molar-refractivity contribution in [3.63, 3.8) is 0 Å². The smallest absolute Gasteiger partial charge is 0.218 e. The largest absolute Gasteiger partial charge is 0.481 e. The van der Waals surface area contributed by atoms with Crippen molar-refractivity contribution in [2.75, 3.05) is 19.1 Å². The molecule has 0 aliphatic rings. The third-order valence-electron chi connectivity index (χ3n) is 3.02. The zero-order chi connectivity index (χ0) is 14.5. The van der Waals surface area contributed by atoms with Crippen molar-refractivity contribution in [3.05, 3.63) is 53.7 Å². The number of hydrogen-bond donors (Lipinski definition) is 1. The molecule has 1 aromatic heterocycles. The molecule has 1 aromatic carbocycles. The minimum Gasteiger partial charge on any atom is -0.481 e. The fourth-order valence-electron chi connectivity index (χ4n) is 1.97. The standard InChI is InChI=1S/C15H17N3OS/c1-18(10-12-6-4-8-17-15(12)19-2)13-7-3-5-11(9-13)14(16)20/h3-9H,10H2,1-2H3,(H2,16,20). The molecule has 20 heavy (non-hydrogen) atoms. The zero-order valence-corrected chi connectivity index (χ0v) is 12.4. The first-order valence-electron chi connectivity index (χ1n) is 6.20. The third-order valence-corrected chi connectivity index (χ3v) is 3.26. The van der Waals surface area contributed by atoms with Crippen LogP contribution < -0.4 is 15.4 Å². The third kappa shape index (κ3) is 3.24. The van der Waals surface area contributed by atoms with Gasteiger partial charge >= 0.3 is 0 Å². The molecule has 104 valence electrons. The predicted molar refractivity (Wildman–Crippen MR) is 85.2 cm³/mol. The van der Waals surface area contributed by atoms with Crippen LogP contribution in [-0.2, 0) is 6.54 Å². The van der Waals surface area contributed by atoms with Gasteiger partial charge in [-0.2, -0.15) is 0 Å². The molecule has 0 spiro atoms. The maximum atomic E-state index is 5.66. The summed E-state index contributed by atoms with van der Waals surface area (Å²) >= 11 is 5.01. The summed E-state index contributed by atoms with van der Waals surface area (Å²) in [6.45, 7) is 0.692. The quantitative estimate of drug-likeness (QED) is 0.856. The number of rotatable bonds is 5.